The number of hydrogen-bond acceptors (Lipinski definition) is 5. The Labute approximate surface area is 206 Å². The molecular weight excluding hydrogens is 438 g/mol. The van der Waals surface area contributed by atoms with E-state index in [4.69, 9.17) is 10.5 Å². The van der Waals surface area contributed by atoms with E-state index in [0.29, 0.717) is 35.5 Å². The molecule has 1 heterocycles. The smallest absolute Gasteiger partial charge is 0.251 e. The maximum atomic E-state index is 13.6. The number of aryl methyl sites for hydroxylation is 1. The van der Waals surface area contributed by atoms with Gasteiger partial charge in [0.05, 0.1) is 29.6 Å². The number of rotatable bonds is 7. The highest BCUT2D eigenvalue weighted by molar-refractivity contribution is 6.26. The lowest BCUT2D eigenvalue weighted by Gasteiger charge is -2.39. The SMILES string of the molecule is CCCCc1cc2c(c(N3CCN(c4ccccc4OC)CC3)c1C(N)=O)C(=O)c1ccccc1-2. The van der Waals surface area contributed by atoms with Gasteiger partial charge in [0.25, 0.3) is 5.91 Å². The first-order valence-electron chi connectivity index (χ1n) is 12.3. The van der Waals surface area contributed by atoms with Gasteiger partial charge in [-0.15, -0.1) is 0 Å². The number of anilines is 2. The largest absolute Gasteiger partial charge is 0.495 e. The molecule has 0 bridgehead atoms. The summed E-state index contributed by atoms with van der Waals surface area (Å²) in [4.78, 5) is 30.9. The number of ketones is 1. The Hall–Kier alpha value is -3.80. The molecule has 0 saturated carbocycles. The van der Waals surface area contributed by atoms with Gasteiger partial charge < -0.3 is 20.3 Å². The van der Waals surface area contributed by atoms with Crippen LogP contribution in [0.3, 0.4) is 0 Å². The molecule has 0 aromatic heterocycles. The fraction of sp³-hybridized carbons (Fsp3) is 0.310. The quantitative estimate of drug-likeness (QED) is 0.426. The number of methoxy groups -OCH3 is 1. The number of unbranched alkanes of at least 4 members (excludes halogenated alkanes) is 1. The molecule has 3 aromatic carbocycles. The highest BCUT2D eigenvalue weighted by Gasteiger charge is 2.36. The number of fused-ring (bicyclic) bond motifs is 3. The first kappa shape index (κ1) is 23.0. The zero-order valence-corrected chi connectivity index (χ0v) is 20.3. The Balaban J connectivity index is 1.58. The summed E-state index contributed by atoms with van der Waals surface area (Å²) in [7, 11) is 1.68. The second-order valence-electron chi connectivity index (χ2n) is 9.17. The summed E-state index contributed by atoms with van der Waals surface area (Å²) in [5, 5.41) is 0. The molecule has 1 aliphatic carbocycles. The molecule has 1 fully saturated rings. The van der Waals surface area contributed by atoms with Crippen LogP contribution in [0.1, 0.15) is 51.6 Å². The second kappa shape index (κ2) is 9.45. The molecule has 2 aliphatic rings. The van der Waals surface area contributed by atoms with Crippen LogP contribution in [0.4, 0.5) is 11.4 Å². The van der Waals surface area contributed by atoms with Gasteiger partial charge in [-0.25, -0.2) is 0 Å². The van der Waals surface area contributed by atoms with E-state index in [1.165, 1.54) is 0 Å². The zero-order chi connectivity index (χ0) is 24.5. The minimum atomic E-state index is -0.468. The Bertz CT molecular complexity index is 1290. The van der Waals surface area contributed by atoms with E-state index in [-0.39, 0.29) is 5.78 Å². The van der Waals surface area contributed by atoms with E-state index in [2.05, 4.69) is 22.8 Å². The van der Waals surface area contributed by atoms with Gasteiger partial charge in [0.2, 0.25) is 0 Å². The van der Waals surface area contributed by atoms with Gasteiger partial charge in [-0.05, 0) is 47.7 Å². The van der Waals surface area contributed by atoms with Crippen LogP contribution in [0.5, 0.6) is 5.75 Å². The van der Waals surface area contributed by atoms with Crippen molar-refractivity contribution in [2.24, 2.45) is 5.73 Å². The summed E-state index contributed by atoms with van der Waals surface area (Å²) in [5.74, 6) is 0.346. The molecule has 0 unspecified atom stereocenters. The minimum absolute atomic E-state index is 0.0256. The van der Waals surface area contributed by atoms with Crippen LogP contribution in [0.15, 0.2) is 54.6 Å². The number of para-hydroxylation sites is 2. The van der Waals surface area contributed by atoms with Gasteiger partial charge >= 0.3 is 0 Å². The number of nitrogens with two attached hydrogens (primary N) is 1. The number of nitrogens with zero attached hydrogens (tertiary/aromatic N) is 2. The Morgan fingerprint density at radius 1 is 0.943 bits per heavy atom. The van der Waals surface area contributed by atoms with Crippen LogP contribution >= 0.6 is 0 Å². The van der Waals surface area contributed by atoms with Crippen molar-refractivity contribution in [2.45, 2.75) is 26.2 Å². The van der Waals surface area contributed by atoms with E-state index in [1.54, 1.807) is 7.11 Å². The average Bonchev–Trinajstić information content (AvgIpc) is 3.18. The molecule has 1 saturated heterocycles. The molecule has 1 amide bonds. The molecular formula is C29H31N3O3. The number of piperazine rings is 1. The van der Waals surface area contributed by atoms with E-state index in [1.807, 2.05) is 48.5 Å². The number of ether oxygens (including phenoxy) is 1. The second-order valence-corrected chi connectivity index (χ2v) is 9.17. The number of amides is 1. The normalized spacial score (nSPS) is 14.6. The monoisotopic (exact) mass is 469 g/mol. The van der Waals surface area contributed by atoms with Crippen LogP contribution in [0, 0.1) is 0 Å². The summed E-state index contributed by atoms with van der Waals surface area (Å²) in [6.07, 6.45) is 2.72. The minimum Gasteiger partial charge on any atom is -0.495 e. The Morgan fingerprint density at radius 3 is 2.29 bits per heavy atom. The van der Waals surface area contributed by atoms with Crippen LogP contribution in [0.2, 0.25) is 0 Å². The third kappa shape index (κ3) is 3.93. The lowest BCUT2D eigenvalue weighted by atomic mass is 9.91. The molecule has 0 spiro atoms. The summed E-state index contributed by atoms with van der Waals surface area (Å²) in [5.41, 5.74) is 12.4. The standard InChI is InChI=1S/C29H31N3O3/c1-3-4-9-19-18-22-20-10-5-6-11-21(20)28(33)26(22)27(25(19)29(30)34)32-16-14-31(15-17-32)23-12-7-8-13-24(23)35-2/h5-8,10-13,18H,3-4,9,14-17H2,1-2H3,(H2,30,34). The summed E-state index contributed by atoms with van der Waals surface area (Å²) in [6, 6.07) is 17.7. The first-order chi connectivity index (χ1) is 17.0. The topological polar surface area (TPSA) is 75.9 Å². The lowest BCUT2D eigenvalue weighted by Crippen LogP contribution is -2.47. The lowest BCUT2D eigenvalue weighted by molar-refractivity contribution is 0.0999. The predicted octanol–water partition coefficient (Wildman–Crippen LogP) is 4.67. The van der Waals surface area contributed by atoms with Gasteiger partial charge in [-0.2, -0.15) is 0 Å². The highest BCUT2D eigenvalue weighted by Crippen LogP contribution is 2.45. The van der Waals surface area contributed by atoms with Crippen LogP contribution in [-0.2, 0) is 6.42 Å². The summed E-state index contributed by atoms with van der Waals surface area (Å²) in [6.45, 7) is 4.97. The third-order valence-corrected chi connectivity index (χ3v) is 7.14. The molecule has 6 heteroatoms. The number of hydrogen-bond donors (Lipinski definition) is 1. The van der Waals surface area contributed by atoms with Gasteiger partial charge in [-0.1, -0.05) is 49.7 Å². The number of carbonyl (C=O) groups excluding carboxylic acids is 2. The number of primary amides is 1. The van der Waals surface area contributed by atoms with E-state index in [9.17, 15) is 9.59 Å². The molecule has 2 N–H and O–H groups in total. The molecule has 180 valence electrons. The van der Waals surface area contributed by atoms with Crippen LogP contribution in [0.25, 0.3) is 11.1 Å². The van der Waals surface area contributed by atoms with Crippen molar-refractivity contribution >= 4 is 23.1 Å². The maximum Gasteiger partial charge on any atom is 0.251 e. The summed E-state index contributed by atoms with van der Waals surface area (Å²) < 4.78 is 5.56. The fourth-order valence-electron chi connectivity index (χ4n) is 5.43. The van der Waals surface area contributed by atoms with Crippen LogP contribution in [-0.4, -0.2) is 45.0 Å². The van der Waals surface area contributed by atoms with Crippen molar-refractivity contribution in [1.82, 2.24) is 0 Å². The van der Waals surface area contributed by atoms with E-state index >= 15 is 0 Å². The zero-order valence-electron chi connectivity index (χ0n) is 20.3. The Kier molecular flexibility index (Phi) is 6.20. The number of benzene rings is 3. The van der Waals surface area contributed by atoms with Gasteiger partial charge in [-0.3, -0.25) is 9.59 Å². The molecule has 35 heavy (non-hydrogen) atoms. The molecule has 0 atom stereocenters. The van der Waals surface area contributed by atoms with Crippen molar-refractivity contribution in [3.63, 3.8) is 0 Å². The van der Waals surface area contributed by atoms with Crippen molar-refractivity contribution in [2.75, 3.05) is 43.1 Å². The molecule has 6 nitrogen and oxygen atoms in total. The maximum absolute atomic E-state index is 13.6. The molecule has 5 rings (SSSR count). The fourth-order valence-corrected chi connectivity index (χ4v) is 5.43. The van der Waals surface area contributed by atoms with Gasteiger partial charge in [0.15, 0.2) is 5.78 Å². The van der Waals surface area contributed by atoms with Crippen molar-refractivity contribution in [3.05, 3.63) is 76.9 Å². The Morgan fingerprint density at radius 2 is 1.60 bits per heavy atom. The third-order valence-electron chi connectivity index (χ3n) is 7.14. The van der Waals surface area contributed by atoms with Crippen molar-refractivity contribution < 1.29 is 14.3 Å². The van der Waals surface area contributed by atoms with Gasteiger partial charge in [0.1, 0.15) is 5.75 Å². The molecule has 1 aliphatic heterocycles. The van der Waals surface area contributed by atoms with Crippen molar-refractivity contribution in [1.29, 1.82) is 0 Å². The average molecular weight is 470 g/mol. The highest BCUT2D eigenvalue weighted by atomic mass is 16.5. The number of carbonyl (C=O) groups is 2. The van der Waals surface area contributed by atoms with Crippen molar-refractivity contribution in [3.8, 4) is 16.9 Å². The first-order valence-corrected chi connectivity index (χ1v) is 12.3. The molecule has 3 aromatic rings. The van der Waals surface area contributed by atoms with Gasteiger partial charge in [0, 0.05) is 31.7 Å². The van der Waals surface area contributed by atoms with Crippen LogP contribution < -0.4 is 20.3 Å². The van der Waals surface area contributed by atoms with E-state index in [0.717, 1.165) is 60.5 Å². The van der Waals surface area contributed by atoms with E-state index < -0.39 is 5.91 Å². The predicted molar refractivity (Wildman–Crippen MR) is 140 cm³/mol. The summed E-state index contributed by atoms with van der Waals surface area (Å²) >= 11 is 0. The molecule has 0 radical (unpaired) electrons.